The Balaban J connectivity index is 2.18. The predicted molar refractivity (Wildman–Crippen MR) is 88.3 cm³/mol. The van der Waals surface area contributed by atoms with Gasteiger partial charge in [0.25, 0.3) is 0 Å². The Morgan fingerprint density at radius 3 is 2.19 bits per heavy atom. The van der Waals surface area contributed by atoms with E-state index < -0.39 is 9.84 Å². The van der Waals surface area contributed by atoms with Crippen LogP contribution >= 0.6 is 11.8 Å². The quantitative estimate of drug-likeness (QED) is 0.830. The molecule has 1 unspecified atom stereocenters. The van der Waals surface area contributed by atoms with Gasteiger partial charge in [0.1, 0.15) is 0 Å². The van der Waals surface area contributed by atoms with Gasteiger partial charge in [-0.1, -0.05) is 30.3 Å². The number of sulfone groups is 1. The van der Waals surface area contributed by atoms with Crippen LogP contribution in [0.2, 0.25) is 0 Å². The molecule has 1 atom stereocenters. The Morgan fingerprint density at radius 2 is 1.67 bits per heavy atom. The van der Waals surface area contributed by atoms with Gasteiger partial charge < -0.3 is 5.73 Å². The molecular formula is C16H19NO2S2. The first-order valence-electron chi connectivity index (χ1n) is 6.72. The highest BCUT2D eigenvalue weighted by Gasteiger charge is 2.13. The Kier molecular flexibility index (Phi) is 5.45. The summed E-state index contributed by atoms with van der Waals surface area (Å²) in [6.07, 6.45) is 2.10. The number of rotatable bonds is 6. The number of benzene rings is 2. The molecule has 3 nitrogen and oxygen atoms in total. The SMILES string of the molecule is CS(=O)(=O)c1ccc(SC(CCN)c2ccccc2)cc1. The molecule has 0 saturated heterocycles. The van der Waals surface area contributed by atoms with Gasteiger partial charge in [-0.3, -0.25) is 0 Å². The van der Waals surface area contributed by atoms with Gasteiger partial charge in [0.2, 0.25) is 0 Å². The monoisotopic (exact) mass is 321 g/mol. The molecule has 0 spiro atoms. The van der Waals surface area contributed by atoms with E-state index in [1.54, 1.807) is 23.9 Å². The molecule has 21 heavy (non-hydrogen) atoms. The number of hydrogen-bond donors (Lipinski definition) is 1. The fourth-order valence-corrected chi connectivity index (χ4v) is 3.84. The highest BCUT2D eigenvalue weighted by molar-refractivity contribution is 7.99. The third kappa shape index (κ3) is 4.59. The summed E-state index contributed by atoms with van der Waals surface area (Å²) in [5.74, 6) is 0. The molecule has 0 aliphatic carbocycles. The van der Waals surface area contributed by atoms with Crippen LogP contribution in [0.15, 0.2) is 64.4 Å². The van der Waals surface area contributed by atoms with Crippen LogP contribution in [0, 0.1) is 0 Å². The lowest BCUT2D eigenvalue weighted by atomic mass is 10.1. The molecule has 0 aromatic heterocycles. The molecule has 2 N–H and O–H groups in total. The average molecular weight is 321 g/mol. The second-order valence-corrected chi connectivity index (χ2v) is 8.13. The van der Waals surface area contributed by atoms with Crippen molar-refractivity contribution in [1.82, 2.24) is 0 Å². The smallest absolute Gasteiger partial charge is 0.175 e. The molecule has 0 heterocycles. The van der Waals surface area contributed by atoms with E-state index in [9.17, 15) is 8.42 Å². The lowest BCUT2D eigenvalue weighted by molar-refractivity contribution is 0.602. The Labute approximate surface area is 130 Å². The standard InChI is InChI=1S/C16H19NO2S2/c1-21(18,19)15-9-7-14(8-10-15)20-16(11-12-17)13-5-3-2-4-6-13/h2-10,16H,11-12,17H2,1H3. The topological polar surface area (TPSA) is 60.2 Å². The molecule has 112 valence electrons. The molecular weight excluding hydrogens is 302 g/mol. The van der Waals surface area contributed by atoms with Gasteiger partial charge >= 0.3 is 0 Å². The summed E-state index contributed by atoms with van der Waals surface area (Å²) in [5, 5.41) is 0.278. The van der Waals surface area contributed by atoms with Crippen molar-refractivity contribution in [2.24, 2.45) is 5.73 Å². The highest BCUT2D eigenvalue weighted by atomic mass is 32.2. The summed E-state index contributed by atoms with van der Waals surface area (Å²) in [6.45, 7) is 0.619. The van der Waals surface area contributed by atoms with Crippen LogP contribution in [0.25, 0.3) is 0 Å². The molecule has 0 amide bonds. The first kappa shape index (κ1) is 16.1. The van der Waals surface area contributed by atoms with Gasteiger partial charge in [-0.2, -0.15) is 0 Å². The first-order valence-corrected chi connectivity index (χ1v) is 9.49. The van der Waals surface area contributed by atoms with E-state index in [4.69, 9.17) is 5.73 Å². The summed E-state index contributed by atoms with van der Waals surface area (Å²) in [6, 6.07) is 17.2. The second kappa shape index (κ2) is 7.11. The zero-order valence-electron chi connectivity index (χ0n) is 11.9. The van der Waals surface area contributed by atoms with E-state index in [1.807, 2.05) is 30.3 Å². The summed E-state index contributed by atoms with van der Waals surface area (Å²) >= 11 is 1.71. The highest BCUT2D eigenvalue weighted by Crippen LogP contribution is 2.37. The van der Waals surface area contributed by atoms with Crippen LogP contribution in [-0.4, -0.2) is 21.2 Å². The van der Waals surface area contributed by atoms with Gasteiger partial charge in [-0.25, -0.2) is 8.42 Å². The minimum Gasteiger partial charge on any atom is -0.330 e. The van der Waals surface area contributed by atoms with Crippen molar-refractivity contribution >= 4 is 21.6 Å². The lowest BCUT2D eigenvalue weighted by Gasteiger charge is -2.16. The van der Waals surface area contributed by atoms with Crippen LogP contribution < -0.4 is 5.73 Å². The number of hydrogen-bond acceptors (Lipinski definition) is 4. The lowest BCUT2D eigenvalue weighted by Crippen LogP contribution is -2.05. The van der Waals surface area contributed by atoms with Gasteiger partial charge in [0.15, 0.2) is 9.84 Å². The minimum atomic E-state index is -3.14. The van der Waals surface area contributed by atoms with Gasteiger partial charge in [0.05, 0.1) is 4.90 Å². The second-order valence-electron chi connectivity index (χ2n) is 4.84. The Bertz CT molecular complexity index is 667. The van der Waals surface area contributed by atoms with E-state index in [-0.39, 0.29) is 5.25 Å². The van der Waals surface area contributed by atoms with E-state index in [2.05, 4.69) is 12.1 Å². The van der Waals surface area contributed by atoms with Crippen molar-refractivity contribution in [1.29, 1.82) is 0 Å². The average Bonchev–Trinajstić information content (AvgIpc) is 2.47. The third-order valence-corrected chi connectivity index (χ3v) is 5.60. The number of thioether (sulfide) groups is 1. The van der Waals surface area contributed by atoms with Crippen LogP contribution in [0.5, 0.6) is 0 Å². The van der Waals surface area contributed by atoms with Crippen LogP contribution in [-0.2, 0) is 9.84 Å². The largest absolute Gasteiger partial charge is 0.330 e. The van der Waals surface area contributed by atoms with Crippen molar-refractivity contribution in [3.63, 3.8) is 0 Å². The Hall–Kier alpha value is -1.30. The molecule has 0 bridgehead atoms. The fourth-order valence-electron chi connectivity index (χ4n) is 2.04. The molecule has 0 radical (unpaired) electrons. The minimum absolute atomic E-state index is 0.278. The molecule has 2 rings (SSSR count). The molecule has 0 saturated carbocycles. The van der Waals surface area contributed by atoms with E-state index in [0.29, 0.717) is 11.4 Å². The maximum Gasteiger partial charge on any atom is 0.175 e. The van der Waals surface area contributed by atoms with Crippen molar-refractivity contribution in [2.45, 2.75) is 21.5 Å². The van der Waals surface area contributed by atoms with E-state index >= 15 is 0 Å². The van der Waals surface area contributed by atoms with Crippen LogP contribution in [0.1, 0.15) is 17.2 Å². The molecule has 0 aliphatic rings. The van der Waals surface area contributed by atoms with Crippen molar-refractivity contribution in [3.05, 3.63) is 60.2 Å². The molecule has 5 heteroatoms. The van der Waals surface area contributed by atoms with Gasteiger partial charge in [0, 0.05) is 16.4 Å². The number of nitrogens with two attached hydrogens (primary N) is 1. The van der Waals surface area contributed by atoms with Crippen LogP contribution in [0.4, 0.5) is 0 Å². The summed E-state index contributed by atoms with van der Waals surface area (Å²) in [4.78, 5) is 1.40. The Morgan fingerprint density at radius 1 is 1.05 bits per heavy atom. The van der Waals surface area contributed by atoms with Crippen molar-refractivity contribution in [2.75, 3.05) is 12.8 Å². The van der Waals surface area contributed by atoms with Crippen LogP contribution in [0.3, 0.4) is 0 Å². The summed E-state index contributed by atoms with van der Waals surface area (Å²) < 4.78 is 22.9. The maximum atomic E-state index is 11.5. The van der Waals surface area contributed by atoms with E-state index in [1.165, 1.54) is 11.8 Å². The summed E-state index contributed by atoms with van der Waals surface area (Å²) in [5.41, 5.74) is 6.95. The zero-order chi connectivity index (χ0) is 15.3. The normalized spacial score (nSPS) is 13.0. The molecule has 0 fully saturated rings. The fraction of sp³-hybridized carbons (Fsp3) is 0.250. The molecule has 0 aliphatic heterocycles. The van der Waals surface area contributed by atoms with Gasteiger partial charge in [-0.15, -0.1) is 11.8 Å². The molecule has 2 aromatic carbocycles. The van der Waals surface area contributed by atoms with Gasteiger partial charge in [-0.05, 0) is 42.8 Å². The van der Waals surface area contributed by atoms with E-state index in [0.717, 1.165) is 11.3 Å². The van der Waals surface area contributed by atoms with Crippen molar-refractivity contribution < 1.29 is 8.42 Å². The third-order valence-electron chi connectivity index (χ3n) is 3.13. The van der Waals surface area contributed by atoms with Crippen molar-refractivity contribution in [3.8, 4) is 0 Å². The zero-order valence-corrected chi connectivity index (χ0v) is 13.5. The molecule has 2 aromatic rings. The maximum absolute atomic E-state index is 11.5. The predicted octanol–water partition coefficient (Wildman–Crippen LogP) is 3.27. The summed E-state index contributed by atoms with van der Waals surface area (Å²) in [7, 11) is -3.14. The first-order chi connectivity index (χ1) is 10.0.